The molecular formula is C16H19N3O3. The average molecular weight is 301 g/mol. The van der Waals surface area contributed by atoms with E-state index in [-0.39, 0.29) is 12.0 Å². The summed E-state index contributed by atoms with van der Waals surface area (Å²) in [6.45, 7) is 1.31. The van der Waals surface area contributed by atoms with Gasteiger partial charge in [-0.25, -0.2) is 0 Å². The molecule has 1 amide bonds. The number of rotatable bonds is 5. The summed E-state index contributed by atoms with van der Waals surface area (Å²) in [5.41, 5.74) is 2.12. The molecule has 22 heavy (non-hydrogen) atoms. The molecule has 1 aliphatic rings. The predicted molar refractivity (Wildman–Crippen MR) is 81.9 cm³/mol. The normalized spacial score (nSPS) is 17.4. The van der Waals surface area contributed by atoms with Gasteiger partial charge in [0.25, 0.3) is 5.91 Å². The Kier molecular flexibility index (Phi) is 4.39. The molecule has 0 saturated carbocycles. The van der Waals surface area contributed by atoms with Gasteiger partial charge in [0.05, 0.1) is 30.7 Å². The van der Waals surface area contributed by atoms with Crippen molar-refractivity contribution in [3.05, 3.63) is 36.0 Å². The lowest BCUT2D eigenvalue weighted by Gasteiger charge is -2.11. The Labute approximate surface area is 128 Å². The van der Waals surface area contributed by atoms with Crippen molar-refractivity contribution in [3.8, 4) is 17.0 Å². The maximum atomic E-state index is 12.3. The number of nitrogens with zero attached hydrogens (tertiary/aromatic N) is 1. The number of benzene rings is 1. The highest BCUT2D eigenvalue weighted by atomic mass is 16.5. The van der Waals surface area contributed by atoms with Crippen molar-refractivity contribution in [1.82, 2.24) is 15.5 Å². The number of amides is 1. The Hall–Kier alpha value is -2.34. The van der Waals surface area contributed by atoms with Crippen LogP contribution in [0.5, 0.6) is 5.75 Å². The van der Waals surface area contributed by atoms with Gasteiger partial charge >= 0.3 is 0 Å². The number of aromatic amines is 1. The number of ether oxygens (including phenoxy) is 2. The fourth-order valence-corrected chi connectivity index (χ4v) is 2.54. The van der Waals surface area contributed by atoms with Crippen LogP contribution in [-0.4, -0.2) is 42.5 Å². The SMILES string of the molecule is COc1ccc(-c2[nH]ncc2C(=O)NCC2CCCO2)cc1. The molecule has 0 bridgehead atoms. The molecule has 2 aromatic rings. The molecule has 1 atom stereocenters. The maximum Gasteiger partial charge on any atom is 0.255 e. The van der Waals surface area contributed by atoms with Crippen LogP contribution in [0.2, 0.25) is 0 Å². The molecule has 3 rings (SSSR count). The Bertz CT molecular complexity index is 630. The summed E-state index contributed by atoms with van der Waals surface area (Å²) >= 11 is 0. The second-order valence-corrected chi connectivity index (χ2v) is 5.23. The number of carbonyl (C=O) groups is 1. The summed E-state index contributed by atoms with van der Waals surface area (Å²) in [5.74, 6) is 0.628. The zero-order chi connectivity index (χ0) is 15.4. The molecule has 1 saturated heterocycles. The van der Waals surface area contributed by atoms with Crippen LogP contribution in [0.15, 0.2) is 30.5 Å². The first-order valence-electron chi connectivity index (χ1n) is 7.35. The average Bonchev–Trinajstić information content (AvgIpc) is 3.24. The van der Waals surface area contributed by atoms with E-state index in [2.05, 4.69) is 15.5 Å². The Balaban J connectivity index is 1.71. The summed E-state index contributed by atoms with van der Waals surface area (Å²) in [5, 5.41) is 9.79. The molecular weight excluding hydrogens is 282 g/mol. The number of hydrogen-bond acceptors (Lipinski definition) is 4. The third kappa shape index (κ3) is 3.12. The van der Waals surface area contributed by atoms with Crippen molar-refractivity contribution in [1.29, 1.82) is 0 Å². The third-order valence-electron chi connectivity index (χ3n) is 3.78. The molecule has 1 aromatic heterocycles. The van der Waals surface area contributed by atoms with Gasteiger partial charge in [0.1, 0.15) is 5.75 Å². The molecule has 6 nitrogen and oxygen atoms in total. The van der Waals surface area contributed by atoms with Gasteiger partial charge in [0.15, 0.2) is 0 Å². The van der Waals surface area contributed by atoms with E-state index in [1.165, 1.54) is 0 Å². The largest absolute Gasteiger partial charge is 0.497 e. The van der Waals surface area contributed by atoms with Gasteiger partial charge in [-0.2, -0.15) is 5.10 Å². The molecule has 0 radical (unpaired) electrons. The van der Waals surface area contributed by atoms with Gasteiger partial charge in [-0.1, -0.05) is 0 Å². The van der Waals surface area contributed by atoms with Crippen molar-refractivity contribution < 1.29 is 14.3 Å². The van der Waals surface area contributed by atoms with Gasteiger partial charge in [0.2, 0.25) is 0 Å². The minimum Gasteiger partial charge on any atom is -0.497 e. The van der Waals surface area contributed by atoms with Crippen LogP contribution >= 0.6 is 0 Å². The molecule has 6 heteroatoms. The molecule has 0 aliphatic carbocycles. The van der Waals surface area contributed by atoms with Gasteiger partial charge in [0, 0.05) is 18.7 Å². The van der Waals surface area contributed by atoms with E-state index in [0.29, 0.717) is 17.8 Å². The Morgan fingerprint density at radius 1 is 1.45 bits per heavy atom. The van der Waals surface area contributed by atoms with Crippen LogP contribution in [0, 0.1) is 0 Å². The first-order valence-corrected chi connectivity index (χ1v) is 7.35. The van der Waals surface area contributed by atoms with Crippen molar-refractivity contribution in [2.24, 2.45) is 0 Å². The lowest BCUT2D eigenvalue weighted by atomic mass is 10.1. The van der Waals surface area contributed by atoms with Crippen LogP contribution in [-0.2, 0) is 4.74 Å². The third-order valence-corrected chi connectivity index (χ3v) is 3.78. The fraction of sp³-hybridized carbons (Fsp3) is 0.375. The summed E-state index contributed by atoms with van der Waals surface area (Å²) < 4.78 is 10.6. The molecule has 0 spiro atoms. The van der Waals surface area contributed by atoms with E-state index in [1.807, 2.05) is 24.3 Å². The highest BCUT2D eigenvalue weighted by molar-refractivity contribution is 5.99. The number of methoxy groups -OCH3 is 1. The van der Waals surface area contributed by atoms with Gasteiger partial charge in [-0.05, 0) is 37.1 Å². The molecule has 1 unspecified atom stereocenters. The van der Waals surface area contributed by atoms with Crippen molar-refractivity contribution in [3.63, 3.8) is 0 Å². The molecule has 2 N–H and O–H groups in total. The number of aromatic nitrogens is 2. The van der Waals surface area contributed by atoms with Crippen molar-refractivity contribution in [2.45, 2.75) is 18.9 Å². The highest BCUT2D eigenvalue weighted by Gasteiger charge is 2.19. The predicted octanol–water partition coefficient (Wildman–Crippen LogP) is 1.99. The summed E-state index contributed by atoms with van der Waals surface area (Å²) in [6, 6.07) is 7.49. The van der Waals surface area contributed by atoms with Crippen LogP contribution in [0.4, 0.5) is 0 Å². The molecule has 1 aliphatic heterocycles. The van der Waals surface area contributed by atoms with E-state index < -0.39 is 0 Å². The Morgan fingerprint density at radius 2 is 2.27 bits per heavy atom. The van der Waals surface area contributed by atoms with Gasteiger partial charge in [-0.15, -0.1) is 0 Å². The van der Waals surface area contributed by atoms with Crippen molar-refractivity contribution >= 4 is 5.91 Å². The first kappa shape index (κ1) is 14.6. The van der Waals surface area contributed by atoms with Crippen LogP contribution in [0.25, 0.3) is 11.3 Å². The summed E-state index contributed by atoms with van der Waals surface area (Å²) in [6.07, 6.45) is 3.73. The maximum absolute atomic E-state index is 12.3. The highest BCUT2D eigenvalue weighted by Crippen LogP contribution is 2.23. The number of carbonyl (C=O) groups excluding carboxylic acids is 1. The smallest absolute Gasteiger partial charge is 0.255 e. The minimum absolute atomic E-state index is 0.125. The lowest BCUT2D eigenvalue weighted by Crippen LogP contribution is -2.31. The Morgan fingerprint density at radius 3 is 2.95 bits per heavy atom. The van der Waals surface area contributed by atoms with E-state index >= 15 is 0 Å². The fourth-order valence-electron chi connectivity index (χ4n) is 2.54. The van der Waals surface area contributed by atoms with Crippen LogP contribution < -0.4 is 10.1 Å². The standard InChI is InChI=1S/C16H19N3O3/c1-21-12-6-4-11(5-7-12)15-14(10-18-19-15)16(20)17-9-13-3-2-8-22-13/h4-7,10,13H,2-3,8-9H2,1H3,(H,17,20)(H,18,19). The van der Waals surface area contributed by atoms with E-state index in [9.17, 15) is 4.79 Å². The minimum atomic E-state index is -0.143. The van der Waals surface area contributed by atoms with E-state index in [4.69, 9.17) is 9.47 Å². The summed E-state index contributed by atoms with van der Waals surface area (Å²) in [4.78, 5) is 12.3. The van der Waals surface area contributed by atoms with E-state index in [0.717, 1.165) is 30.8 Å². The summed E-state index contributed by atoms with van der Waals surface area (Å²) in [7, 11) is 1.62. The van der Waals surface area contributed by atoms with Gasteiger partial charge < -0.3 is 14.8 Å². The number of nitrogens with one attached hydrogen (secondary N) is 2. The second-order valence-electron chi connectivity index (χ2n) is 5.23. The quantitative estimate of drug-likeness (QED) is 0.885. The molecule has 1 aromatic carbocycles. The van der Waals surface area contributed by atoms with Crippen LogP contribution in [0.1, 0.15) is 23.2 Å². The molecule has 2 heterocycles. The second kappa shape index (κ2) is 6.62. The topological polar surface area (TPSA) is 76.2 Å². The first-order chi connectivity index (χ1) is 10.8. The number of hydrogen-bond donors (Lipinski definition) is 2. The molecule has 1 fully saturated rings. The number of H-pyrrole nitrogens is 1. The van der Waals surface area contributed by atoms with Crippen LogP contribution in [0.3, 0.4) is 0 Å². The van der Waals surface area contributed by atoms with Gasteiger partial charge in [-0.3, -0.25) is 9.89 Å². The molecule has 116 valence electrons. The zero-order valence-corrected chi connectivity index (χ0v) is 12.5. The van der Waals surface area contributed by atoms with Crippen molar-refractivity contribution in [2.75, 3.05) is 20.3 Å². The van der Waals surface area contributed by atoms with E-state index in [1.54, 1.807) is 13.3 Å². The lowest BCUT2D eigenvalue weighted by molar-refractivity contribution is 0.0858. The zero-order valence-electron chi connectivity index (χ0n) is 12.5. The monoisotopic (exact) mass is 301 g/mol.